The van der Waals surface area contributed by atoms with Crippen molar-refractivity contribution in [2.75, 3.05) is 0 Å². The molecule has 6 heteroatoms. The zero-order chi connectivity index (χ0) is 19.7. The normalized spacial score (nSPS) is 23.5. The Morgan fingerprint density at radius 3 is 2.32 bits per heavy atom. The van der Waals surface area contributed by atoms with Crippen molar-refractivity contribution < 1.29 is 23.1 Å². The van der Waals surface area contributed by atoms with Gasteiger partial charge in [0, 0.05) is 24.1 Å². The van der Waals surface area contributed by atoms with Crippen LogP contribution in [0.2, 0.25) is 0 Å². The van der Waals surface area contributed by atoms with Gasteiger partial charge in [0.05, 0.1) is 5.56 Å². The van der Waals surface area contributed by atoms with Gasteiger partial charge in [-0.15, -0.1) is 0 Å². The molecular weight excluding hydrogens is 364 g/mol. The maximum absolute atomic E-state index is 14.0. The van der Waals surface area contributed by atoms with E-state index in [1.54, 1.807) is 4.90 Å². The molecule has 4 rings (SSSR count). The van der Waals surface area contributed by atoms with Gasteiger partial charge in [-0.05, 0) is 43.4 Å². The van der Waals surface area contributed by atoms with Crippen molar-refractivity contribution in [2.24, 2.45) is 5.92 Å². The molecular formula is C22H21F2NO3. The van der Waals surface area contributed by atoms with Gasteiger partial charge in [-0.2, -0.15) is 0 Å². The van der Waals surface area contributed by atoms with Gasteiger partial charge in [-0.3, -0.25) is 4.79 Å². The minimum atomic E-state index is -0.831. The second-order valence-corrected chi connectivity index (χ2v) is 7.49. The van der Waals surface area contributed by atoms with E-state index in [2.05, 4.69) is 0 Å². The molecule has 0 aliphatic carbocycles. The Bertz CT molecular complexity index is 873. The molecule has 2 aromatic rings. The van der Waals surface area contributed by atoms with E-state index >= 15 is 0 Å². The average Bonchev–Trinajstić information content (AvgIpc) is 2.96. The lowest BCUT2D eigenvalue weighted by molar-refractivity contribution is 0.0483. The molecule has 0 radical (unpaired) electrons. The van der Waals surface area contributed by atoms with Crippen LogP contribution in [0.5, 0.6) is 0 Å². The van der Waals surface area contributed by atoms with E-state index in [0.29, 0.717) is 12.8 Å². The van der Waals surface area contributed by atoms with Crippen LogP contribution < -0.4 is 0 Å². The second kappa shape index (κ2) is 7.70. The molecule has 0 spiro atoms. The van der Waals surface area contributed by atoms with E-state index in [4.69, 9.17) is 4.74 Å². The number of carbonyl (C=O) groups is 2. The Hall–Kier alpha value is -2.76. The number of ether oxygens (including phenoxy) is 1. The number of rotatable bonds is 4. The number of hydrogen-bond donors (Lipinski definition) is 0. The number of halogens is 2. The summed E-state index contributed by atoms with van der Waals surface area (Å²) in [5.74, 6) is -2.21. The highest BCUT2D eigenvalue weighted by molar-refractivity contribution is 5.98. The highest BCUT2D eigenvalue weighted by Gasteiger charge is 2.46. The van der Waals surface area contributed by atoms with Gasteiger partial charge < -0.3 is 9.64 Å². The van der Waals surface area contributed by atoms with E-state index in [1.807, 2.05) is 30.3 Å². The van der Waals surface area contributed by atoms with Crippen LogP contribution >= 0.6 is 0 Å². The lowest BCUT2D eigenvalue weighted by Gasteiger charge is -2.37. The van der Waals surface area contributed by atoms with Crippen LogP contribution in [0.25, 0.3) is 0 Å². The van der Waals surface area contributed by atoms with E-state index in [9.17, 15) is 18.4 Å². The minimum absolute atomic E-state index is 0.0779. The molecule has 146 valence electrons. The molecule has 0 aromatic heterocycles. The third-order valence-electron chi connectivity index (χ3n) is 5.72. The fourth-order valence-corrected chi connectivity index (χ4v) is 4.39. The molecule has 2 aromatic carbocycles. The summed E-state index contributed by atoms with van der Waals surface area (Å²) in [7, 11) is 0. The summed E-state index contributed by atoms with van der Waals surface area (Å²) < 4.78 is 32.6. The SMILES string of the molecule is O=C(c1ccc(F)cc1F)C1CC2CCC(C1)N2C(=O)OCc1ccccc1. The fourth-order valence-electron chi connectivity index (χ4n) is 4.39. The molecule has 2 fully saturated rings. The predicted molar refractivity (Wildman–Crippen MR) is 98.7 cm³/mol. The molecule has 2 bridgehead atoms. The maximum atomic E-state index is 14.0. The zero-order valence-electron chi connectivity index (χ0n) is 15.3. The van der Waals surface area contributed by atoms with E-state index < -0.39 is 11.6 Å². The van der Waals surface area contributed by atoms with E-state index in [0.717, 1.165) is 30.5 Å². The number of carbonyl (C=O) groups excluding carboxylic acids is 2. The number of benzene rings is 2. The fraction of sp³-hybridized carbons (Fsp3) is 0.364. The van der Waals surface area contributed by atoms with Crippen LogP contribution in [0.3, 0.4) is 0 Å². The van der Waals surface area contributed by atoms with Crippen LogP contribution in [-0.2, 0) is 11.3 Å². The summed E-state index contributed by atoms with van der Waals surface area (Å²) >= 11 is 0. The van der Waals surface area contributed by atoms with Gasteiger partial charge in [-0.1, -0.05) is 30.3 Å². The van der Waals surface area contributed by atoms with Crippen LogP contribution in [0.15, 0.2) is 48.5 Å². The Morgan fingerprint density at radius 1 is 1.00 bits per heavy atom. The van der Waals surface area contributed by atoms with Gasteiger partial charge >= 0.3 is 6.09 Å². The number of ketones is 1. The van der Waals surface area contributed by atoms with Crippen molar-refractivity contribution in [3.8, 4) is 0 Å². The Labute approximate surface area is 162 Å². The smallest absolute Gasteiger partial charge is 0.410 e. The number of hydrogen-bond acceptors (Lipinski definition) is 3. The van der Waals surface area contributed by atoms with Crippen molar-refractivity contribution in [3.63, 3.8) is 0 Å². The van der Waals surface area contributed by atoms with Crippen molar-refractivity contribution in [2.45, 2.75) is 44.4 Å². The molecule has 2 aliphatic heterocycles. The Balaban J connectivity index is 1.41. The monoisotopic (exact) mass is 385 g/mol. The minimum Gasteiger partial charge on any atom is -0.445 e. The molecule has 2 heterocycles. The second-order valence-electron chi connectivity index (χ2n) is 7.49. The van der Waals surface area contributed by atoms with E-state index in [-0.39, 0.29) is 42.0 Å². The van der Waals surface area contributed by atoms with Gasteiger partial charge in [0.1, 0.15) is 18.2 Å². The first-order chi connectivity index (χ1) is 13.5. The number of nitrogens with zero attached hydrogens (tertiary/aromatic N) is 1. The van der Waals surface area contributed by atoms with Crippen molar-refractivity contribution in [1.29, 1.82) is 0 Å². The topological polar surface area (TPSA) is 46.6 Å². The Morgan fingerprint density at radius 2 is 1.68 bits per heavy atom. The number of amides is 1. The van der Waals surface area contributed by atoms with Crippen LogP contribution in [-0.4, -0.2) is 28.9 Å². The number of Topliss-reactive ketones (excluding diaryl/α,β-unsaturated/α-hetero) is 1. The first kappa shape index (κ1) is 18.6. The zero-order valence-corrected chi connectivity index (χ0v) is 15.3. The summed E-state index contributed by atoms with van der Waals surface area (Å²) in [5, 5.41) is 0. The molecule has 1 amide bonds. The standard InChI is InChI=1S/C22H21F2NO3/c23-16-6-9-19(20(24)12-16)21(26)15-10-17-7-8-18(11-15)25(17)22(27)28-13-14-4-2-1-3-5-14/h1-6,9,12,15,17-18H,7-8,10-11,13H2. The number of piperidine rings is 1. The summed E-state index contributed by atoms with van der Waals surface area (Å²) in [4.78, 5) is 27.1. The third-order valence-corrected chi connectivity index (χ3v) is 5.72. The maximum Gasteiger partial charge on any atom is 0.410 e. The van der Waals surface area contributed by atoms with Gasteiger partial charge in [0.25, 0.3) is 0 Å². The molecule has 0 N–H and O–H groups in total. The first-order valence-electron chi connectivity index (χ1n) is 9.51. The molecule has 0 saturated carbocycles. The lowest BCUT2D eigenvalue weighted by atomic mass is 9.85. The first-order valence-corrected chi connectivity index (χ1v) is 9.51. The van der Waals surface area contributed by atoms with Crippen LogP contribution in [0.4, 0.5) is 13.6 Å². The van der Waals surface area contributed by atoms with Crippen molar-refractivity contribution in [1.82, 2.24) is 4.90 Å². The summed E-state index contributed by atoms with van der Waals surface area (Å²) in [6, 6.07) is 12.3. The van der Waals surface area contributed by atoms with Gasteiger partial charge in [0.15, 0.2) is 5.78 Å². The lowest BCUT2D eigenvalue weighted by Crippen LogP contribution is -2.48. The molecule has 2 aliphatic rings. The van der Waals surface area contributed by atoms with Crippen molar-refractivity contribution in [3.05, 3.63) is 71.3 Å². The molecule has 2 atom stereocenters. The Kier molecular flexibility index (Phi) is 5.11. The third kappa shape index (κ3) is 3.63. The van der Waals surface area contributed by atoms with Crippen molar-refractivity contribution >= 4 is 11.9 Å². The highest BCUT2D eigenvalue weighted by Crippen LogP contribution is 2.40. The average molecular weight is 385 g/mol. The number of fused-ring (bicyclic) bond motifs is 2. The van der Waals surface area contributed by atoms with Crippen LogP contribution in [0, 0.1) is 17.6 Å². The predicted octanol–water partition coefficient (Wildman–Crippen LogP) is 4.73. The molecule has 2 saturated heterocycles. The largest absolute Gasteiger partial charge is 0.445 e. The van der Waals surface area contributed by atoms with Crippen LogP contribution in [0.1, 0.15) is 41.6 Å². The summed E-state index contributed by atoms with van der Waals surface area (Å²) in [6.07, 6.45) is 2.20. The molecule has 28 heavy (non-hydrogen) atoms. The van der Waals surface area contributed by atoms with Gasteiger partial charge in [0.2, 0.25) is 0 Å². The quantitative estimate of drug-likeness (QED) is 0.715. The van der Waals surface area contributed by atoms with E-state index in [1.165, 1.54) is 6.07 Å². The molecule has 2 unspecified atom stereocenters. The highest BCUT2D eigenvalue weighted by atomic mass is 19.1. The summed E-state index contributed by atoms with van der Waals surface area (Å²) in [6.45, 7) is 0.207. The van der Waals surface area contributed by atoms with Gasteiger partial charge in [-0.25, -0.2) is 13.6 Å². The summed E-state index contributed by atoms with van der Waals surface area (Å²) in [5.41, 5.74) is 0.839. The molecule has 4 nitrogen and oxygen atoms in total.